The number of thioether (sulfide) groups is 1. The number of amides is 1. The van der Waals surface area contributed by atoms with Crippen LogP contribution in [-0.2, 0) is 11.4 Å². The van der Waals surface area contributed by atoms with Gasteiger partial charge >= 0.3 is 0 Å². The number of carbonyl (C=O) groups excluding carboxylic acids is 1. The van der Waals surface area contributed by atoms with E-state index in [1.807, 2.05) is 54.6 Å². The average Bonchev–Trinajstić information content (AvgIpc) is 2.71. The van der Waals surface area contributed by atoms with Crippen molar-refractivity contribution in [3.05, 3.63) is 89.0 Å². The summed E-state index contributed by atoms with van der Waals surface area (Å²) in [7, 11) is 0. The smallest absolute Gasteiger partial charge is 0.225 e. The van der Waals surface area contributed by atoms with E-state index in [1.165, 1.54) is 11.8 Å². The minimum Gasteiger partial charge on any atom is -0.489 e. The molecule has 1 atom stereocenters. The zero-order valence-corrected chi connectivity index (χ0v) is 15.7. The van der Waals surface area contributed by atoms with Gasteiger partial charge in [-0.05, 0) is 23.3 Å². The van der Waals surface area contributed by atoms with Gasteiger partial charge in [0, 0.05) is 18.1 Å². The van der Waals surface area contributed by atoms with Gasteiger partial charge < -0.3 is 10.1 Å². The predicted octanol–water partition coefficient (Wildman–Crippen LogP) is 4.52. The maximum absolute atomic E-state index is 12.1. The largest absolute Gasteiger partial charge is 0.489 e. The van der Waals surface area contributed by atoms with E-state index in [9.17, 15) is 10.1 Å². The van der Waals surface area contributed by atoms with Gasteiger partial charge in [0.05, 0.1) is 16.7 Å². The first-order valence-corrected chi connectivity index (χ1v) is 9.64. The van der Waals surface area contributed by atoms with Gasteiger partial charge in [-0.2, -0.15) is 5.26 Å². The monoisotopic (exact) mass is 376 g/mol. The number of nitriles is 1. The molecule has 1 heterocycles. The summed E-state index contributed by atoms with van der Waals surface area (Å²) in [4.78, 5) is 12.1. The Morgan fingerprint density at radius 3 is 2.63 bits per heavy atom. The molecule has 3 rings (SSSR count). The normalized spacial score (nSPS) is 16.4. The molecule has 1 N–H and O–H groups in total. The Morgan fingerprint density at radius 2 is 1.96 bits per heavy atom. The Labute approximate surface area is 163 Å². The van der Waals surface area contributed by atoms with Crippen LogP contribution in [0.5, 0.6) is 5.75 Å². The molecule has 2 aromatic rings. The van der Waals surface area contributed by atoms with Crippen molar-refractivity contribution in [3.8, 4) is 11.8 Å². The highest BCUT2D eigenvalue weighted by atomic mass is 32.2. The molecule has 0 radical (unpaired) electrons. The summed E-state index contributed by atoms with van der Waals surface area (Å²) < 4.78 is 5.81. The molecule has 0 aromatic heterocycles. The van der Waals surface area contributed by atoms with Crippen LogP contribution in [0, 0.1) is 11.3 Å². The Hall–Kier alpha value is -2.97. The van der Waals surface area contributed by atoms with Crippen LogP contribution < -0.4 is 10.1 Å². The van der Waals surface area contributed by atoms with Crippen molar-refractivity contribution in [2.45, 2.75) is 18.9 Å². The van der Waals surface area contributed by atoms with Gasteiger partial charge in [0.2, 0.25) is 5.91 Å². The van der Waals surface area contributed by atoms with E-state index >= 15 is 0 Å². The fraction of sp³-hybridized carbons (Fsp3) is 0.182. The summed E-state index contributed by atoms with van der Waals surface area (Å²) in [6, 6.07) is 19.9. The second-order valence-corrected chi connectivity index (χ2v) is 7.13. The van der Waals surface area contributed by atoms with E-state index in [0.717, 1.165) is 16.9 Å². The standard InChI is InChI=1S/C22H20N2O2S/c1-2-12-27-22-20(14-23)19(13-21(25)24-22)17-8-10-18(11-9-17)26-15-16-6-4-3-5-7-16/h2-11,19H,1,12-13,15H2,(H,24,25). The van der Waals surface area contributed by atoms with Gasteiger partial charge in [-0.1, -0.05) is 48.5 Å². The number of nitrogens with zero attached hydrogens (tertiary/aromatic N) is 1. The third kappa shape index (κ3) is 4.81. The summed E-state index contributed by atoms with van der Waals surface area (Å²) >= 11 is 1.42. The first-order chi connectivity index (χ1) is 13.2. The van der Waals surface area contributed by atoms with Crippen molar-refractivity contribution in [1.29, 1.82) is 5.26 Å². The predicted molar refractivity (Wildman–Crippen MR) is 108 cm³/mol. The molecule has 1 unspecified atom stereocenters. The van der Waals surface area contributed by atoms with Crippen LogP contribution in [-0.4, -0.2) is 11.7 Å². The molecule has 2 aromatic carbocycles. The van der Waals surface area contributed by atoms with E-state index in [2.05, 4.69) is 18.0 Å². The highest BCUT2D eigenvalue weighted by Gasteiger charge is 2.29. The molecule has 1 aliphatic heterocycles. The van der Waals surface area contributed by atoms with E-state index in [1.54, 1.807) is 6.08 Å². The number of allylic oxidation sites excluding steroid dienone is 1. The zero-order chi connectivity index (χ0) is 19.1. The molecule has 27 heavy (non-hydrogen) atoms. The third-order valence-electron chi connectivity index (χ3n) is 4.23. The summed E-state index contributed by atoms with van der Waals surface area (Å²) in [5.74, 6) is 1.08. The first kappa shape index (κ1) is 18.8. The average molecular weight is 376 g/mol. The fourth-order valence-corrected chi connectivity index (χ4v) is 3.71. The molecule has 0 bridgehead atoms. The van der Waals surface area contributed by atoms with Crippen LogP contribution in [0.3, 0.4) is 0 Å². The van der Waals surface area contributed by atoms with Crippen LogP contribution >= 0.6 is 11.8 Å². The summed E-state index contributed by atoms with van der Waals surface area (Å²) in [5, 5.41) is 13.1. The number of nitrogens with one attached hydrogen (secondary N) is 1. The zero-order valence-electron chi connectivity index (χ0n) is 14.9. The van der Waals surface area contributed by atoms with Crippen LogP contribution in [0.4, 0.5) is 0 Å². The molecule has 0 spiro atoms. The summed E-state index contributed by atoms with van der Waals surface area (Å²) in [5.41, 5.74) is 2.63. The number of benzene rings is 2. The Kier molecular flexibility index (Phi) is 6.35. The molecular weight excluding hydrogens is 356 g/mol. The van der Waals surface area contributed by atoms with Crippen molar-refractivity contribution < 1.29 is 9.53 Å². The van der Waals surface area contributed by atoms with E-state index in [0.29, 0.717) is 23.0 Å². The molecule has 0 fully saturated rings. The molecule has 1 amide bonds. The number of hydrogen-bond acceptors (Lipinski definition) is 4. The van der Waals surface area contributed by atoms with Gasteiger partial charge in [0.15, 0.2) is 0 Å². The SMILES string of the molecule is C=CCSC1=C(C#N)C(c2ccc(OCc3ccccc3)cc2)CC(=O)N1. The second kappa shape index (κ2) is 9.11. The number of rotatable bonds is 7. The van der Waals surface area contributed by atoms with E-state index < -0.39 is 0 Å². The lowest BCUT2D eigenvalue weighted by molar-refractivity contribution is -0.120. The van der Waals surface area contributed by atoms with Crippen molar-refractivity contribution in [2.75, 3.05) is 5.75 Å². The molecule has 4 nitrogen and oxygen atoms in total. The molecule has 0 aliphatic carbocycles. The van der Waals surface area contributed by atoms with Crippen molar-refractivity contribution in [1.82, 2.24) is 5.32 Å². The number of hydrogen-bond donors (Lipinski definition) is 1. The molecule has 136 valence electrons. The van der Waals surface area contributed by atoms with Gasteiger partial charge in [0.25, 0.3) is 0 Å². The molecule has 5 heteroatoms. The Bertz CT molecular complexity index is 883. The van der Waals surface area contributed by atoms with Crippen LogP contribution in [0.1, 0.15) is 23.5 Å². The lowest BCUT2D eigenvalue weighted by Gasteiger charge is -2.25. The van der Waals surface area contributed by atoms with Gasteiger partial charge in [0.1, 0.15) is 12.4 Å². The fourth-order valence-electron chi connectivity index (χ4n) is 2.90. The van der Waals surface area contributed by atoms with Gasteiger partial charge in [-0.3, -0.25) is 4.79 Å². The summed E-state index contributed by atoms with van der Waals surface area (Å²) in [6.45, 7) is 4.19. The number of carbonyl (C=O) groups is 1. The van der Waals surface area contributed by atoms with Crippen LogP contribution in [0.15, 0.2) is 77.9 Å². The minimum atomic E-state index is -0.237. The minimum absolute atomic E-state index is 0.0741. The van der Waals surface area contributed by atoms with Gasteiger partial charge in [-0.25, -0.2) is 0 Å². The first-order valence-electron chi connectivity index (χ1n) is 8.65. The maximum atomic E-state index is 12.1. The number of ether oxygens (including phenoxy) is 1. The maximum Gasteiger partial charge on any atom is 0.225 e. The molecular formula is C22H20N2O2S. The molecule has 0 saturated carbocycles. The van der Waals surface area contributed by atoms with Crippen LogP contribution in [0.2, 0.25) is 0 Å². The van der Waals surface area contributed by atoms with Gasteiger partial charge in [-0.15, -0.1) is 18.3 Å². The highest BCUT2D eigenvalue weighted by Crippen LogP contribution is 2.36. The second-order valence-electron chi connectivity index (χ2n) is 6.10. The topological polar surface area (TPSA) is 62.1 Å². The lowest BCUT2D eigenvalue weighted by Crippen LogP contribution is -2.30. The Balaban J connectivity index is 1.75. The van der Waals surface area contributed by atoms with Crippen molar-refractivity contribution in [3.63, 3.8) is 0 Å². The van der Waals surface area contributed by atoms with Crippen molar-refractivity contribution >= 4 is 17.7 Å². The highest BCUT2D eigenvalue weighted by molar-refractivity contribution is 8.03. The molecule has 0 saturated heterocycles. The quantitative estimate of drug-likeness (QED) is 0.722. The van der Waals surface area contributed by atoms with Crippen LogP contribution in [0.25, 0.3) is 0 Å². The Morgan fingerprint density at radius 1 is 1.22 bits per heavy atom. The van der Waals surface area contributed by atoms with E-state index in [-0.39, 0.29) is 18.2 Å². The third-order valence-corrected chi connectivity index (χ3v) is 5.25. The summed E-state index contributed by atoms with van der Waals surface area (Å²) in [6.07, 6.45) is 2.02. The van der Waals surface area contributed by atoms with Crippen molar-refractivity contribution in [2.24, 2.45) is 0 Å². The van der Waals surface area contributed by atoms with E-state index in [4.69, 9.17) is 4.74 Å². The molecule has 1 aliphatic rings. The lowest BCUT2D eigenvalue weighted by atomic mass is 9.87.